The molecule has 1 aromatic rings. The van der Waals surface area contributed by atoms with Crippen molar-refractivity contribution >= 4 is 21.6 Å². The monoisotopic (exact) mass is 298 g/mol. The van der Waals surface area contributed by atoms with Crippen LogP contribution in [0, 0.1) is 5.92 Å². The summed E-state index contributed by atoms with van der Waals surface area (Å²) < 4.78 is 1.19. The second-order valence-corrected chi connectivity index (χ2v) is 5.60. The molecule has 0 amide bonds. The van der Waals surface area contributed by atoms with E-state index in [1.54, 1.807) is 0 Å². The summed E-state index contributed by atoms with van der Waals surface area (Å²) in [6.07, 6.45) is 0. The van der Waals surface area contributed by atoms with Gasteiger partial charge >= 0.3 is 0 Å². The zero-order valence-corrected chi connectivity index (χ0v) is 12.8. The standard InChI is InChI=1S/C14H23BrN2/c1-5-17(10-11(2)3)14-7-6-12(9-16-4)8-13(14)15/h6-8,11,16H,5,9-10H2,1-4H3. The summed E-state index contributed by atoms with van der Waals surface area (Å²) in [5, 5.41) is 3.17. The van der Waals surface area contributed by atoms with Crippen LogP contribution in [0.25, 0.3) is 0 Å². The topological polar surface area (TPSA) is 15.3 Å². The van der Waals surface area contributed by atoms with Crippen LogP contribution in [0.15, 0.2) is 22.7 Å². The Bertz CT molecular complexity index is 350. The highest BCUT2D eigenvalue weighted by Gasteiger charge is 2.10. The molecule has 0 bridgehead atoms. The molecule has 0 saturated carbocycles. The number of nitrogens with zero attached hydrogens (tertiary/aromatic N) is 1. The lowest BCUT2D eigenvalue weighted by Crippen LogP contribution is -2.27. The van der Waals surface area contributed by atoms with Crippen LogP contribution in [-0.4, -0.2) is 20.1 Å². The second-order valence-electron chi connectivity index (χ2n) is 4.75. The van der Waals surface area contributed by atoms with Crippen molar-refractivity contribution in [1.29, 1.82) is 0 Å². The molecule has 96 valence electrons. The number of nitrogens with one attached hydrogen (secondary N) is 1. The Morgan fingerprint density at radius 2 is 2.06 bits per heavy atom. The van der Waals surface area contributed by atoms with Crippen molar-refractivity contribution in [2.24, 2.45) is 5.92 Å². The normalized spacial score (nSPS) is 10.9. The van der Waals surface area contributed by atoms with Gasteiger partial charge < -0.3 is 10.2 Å². The molecule has 0 heterocycles. The minimum absolute atomic E-state index is 0.679. The molecule has 1 rings (SSSR count). The van der Waals surface area contributed by atoms with E-state index in [0.717, 1.165) is 19.6 Å². The number of halogens is 1. The highest BCUT2D eigenvalue weighted by molar-refractivity contribution is 9.10. The van der Waals surface area contributed by atoms with E-state index in [2.05, 4.69) is 65.1 Å². The molecule has 0 aromatic heterocycles. The third-order valence-corrected chi connectivity index (χ3v) is 3.34. The quantitative estimate of drug-likeness (QED) is 0.862. The smallest absolute Gasteiger partial charge is 0.0510 e. The minimum atomic E-state index is 0.679. The van der Waals surface area contributed by atoms with Gasteiger partial charge in [0.15, 0.2) is 0 Å². The van der Waals surface area contributed by atoms with Crippen LogP contribution in [0.4, 0.5) is 5.69 Å². The maximum atomic E-state index is 3.68. The summed E-state index contributed by atoms with van der Waals surface area (Å²) in [6.45, 7) is 9.77. The first-order valence-corrected chi connectivity index (χ1v) is 7.05. The summed E-state index contributed by atoms with van der Waals surface area (Å²) in [4.78, 5) is 2.41. The minimum Gasteiger partial charge on any atom is -0.371 e. The van der Waals surface area contributed by atoms with E-state index in [1.165, 1.54) is 15.7 Å². The van der Waals surface area contributed by atoms with Crippen molar-refractivity contribution in [1.82, 2.24) is 5.32 Å². The first-order valence-electron chi connectivity index (χ1n) is 6.26. The van der Waals surface area contributed by atoms with Crippen LogP contribution in [0.3, 0.4) is 0 Å². The van der Waals surface area contributed by atoms with E-state index < -0.39 is 0 Å². The zero-order valence-electron chi connectivity index (χ0n) is 11.3. The van der Waals surface area contributed by atoms with Crippen LogP contribution in [0.2, 0.25) is 0 Å². The number of hydrogen-bond donors (Lipinski definition) is 1. The molecule has 0 unspecified atom stereocenters. The molecule has 1 aromatic carbocycles. The van der Waals surface area contributed by atoms with Crippen molar-refractivity contribution < 1.29 is 0 Å². The largest absolute Gasteiger partial charge is 0.371 e. The number of hydrogen-bond acceptors (Lipinski definition) is 2. The SMILES string of the molecule is CCN(CC(C)C)c1ccc(CNC)cc1Br. The molecular weight excluding hydrogens is 276 g/mol. The van der Waals surface area contributed by atoms with Gasteiger partial charge in [-0.1, -0.05) is 19.9 Å². The molecule has 0 saturated heterocycles. The van der Waals surface area contributed by atoms with E-state index >= 15 is 0 Å². The van der Waals surface area contributed by atoms with Gasteiger partial charge in [0.1, 0.15) is 0 Å². The lowest BCUT2D eigenvalue weighted by atomic mass is 10.1. The van der Waals surface area contributed by atoms with Gasteiger partial charge in [0.05, 0.1) is 5.69 Å². The van der Waals surface area contributed by atoms with Gasteiger partial charge in [0.25, 0.3) is 0 Å². The van der Waals surface area contributed by atoms with Gasteiger partial charge in [-0.25, -0.2) is 0 Å². The van der Waals surface area contributed by atoms with Crippen LogP contribution in [0.1, 0.15) is 26.3 Å². The molecule has 0 fully saturated rings. The van der Waals surface area contributed by atoms with Gasteiger partial charge in [-0.05, 0) is 53.5 Å². The Balaban J connectivity index is 2.88. The summed E-state index contributed by atoms with van der Waals surface area (Å²) in [5.41, 5.74) is 2.60. The van der Waals surface area contributed by atoms with E-state index in [0.29, 0.717) is 5.92 Å². The Morgan fingerprint density at radius 3 is 2.53 bits per heavy atom. The third-order valence-electron chi connectivity index (χ3n) is 2.70. The Hall–Kier alpha value is -0.540. The molecule has 3 heteroatoms. The molecule has 2 nitrogen and oxygen atoms in total. The molecule has 0 aliphatic carbocycles. The highest BCUT2D eigenvalue weighted by Crippen LogP contribution is 2.28. The predicted molar refractivity (Wildman–Crippen MR) is 79.6 cm³/mol. The van der Waals surface area contributed by atoms with Gasteiger partial charge in [-0.3, -0.25) is 0 Å². The van der Waals surface area contributed by atoms with E-state index in [-0.39, 0.29) is 0 Å². The van der Waals surface area contributed by atoms with Crippen LogP contribution in [0.5, 0.6) is 0 Å². The fourth-order valence-electron chi connectivity index (χ4n) is 1.96. The number of benzene rings is 1. The lowest BCUT2D eigenvalue weighted by Gasteiger charge is -2.26. The fourth-order valence-corrected chi connectivity index (χ4v) is 2.64. The van der Waals surface area contributed by atoms with Gasteiger partial charge in [0, 0.05) is 24.1 Å². The Morgan fingerprint density at radius 1 is 1.35 bits per heavy atom. The molecule has 0 spiro atoms. The summed E-state index contributed by atoms with van der Waals surface area (Å²) in [6, 6.07) is 6.61. The van der Waals surface area contributed by atoms with Crippen molar-refractivity contribution in [2.45, 2.75) is 27.3 Å². The molecule has 0 atom stereocenters. The van der Waals surface area contributed by atoms with Crippen LogP contribution in [-0.2, 0) is 6.54 Å². The molecule has 1 N–H and O–H groups in total. The molecule has 0 aliphatic rings. The van der Waals surface area contributed by atoms with E-state index in [4.69, 9.17) is 0 Å². The molecular formula is C14H23BrN2. The summed E-state index contributed by atoms with van der Waals surface area (Å²) >= 11 is 3.68. The first kappa shape index (κ1) is 14.5. The van der Waals surface area contributed by atoms with Crippen molar-refractivity contribution in [3.05, 3.63) is 28.2 Å². The van der Waals surface area contributed by atoms with Crippen LogP contribution >= 0.6 is 15.9 Å². The van der Waals surface area contributed by atoms with Crippen molar-refractivity contribution in [2.75, 3.05) is 25.0 Å². The predicted octanol–water partition coefficient (Wildman–Crippen LogP) is 3.65. The number of anilines is 1. The van der Waals surface area contributed by atoms with Crippen molar-refractivity contribution in [3.63, 3.8) is 0 Å². The van der Waals surface area contributed by atoms with E-state index in [9.17, 15) is 0 Å². The third kappa shape index (κ3) is 4.32. The lowest BCUT2D eigenvalue weighted by molar-refractivity contribution is 0.618. The fraction of sp³-hybridized carbons (Fsp3) is 0.571. The molecule has 17 heavy (non-hydrogen) atoms. The average molecular weight is 299 g/mol. The molecule has 0 aliphatic heterocycles. The molecule has 0 radical (unpaired) electrons. The zero-order chi connectivity index (χ0) is 12.8. The highest BCUT2D eigenvalue weighted by atomic mass is 79.9. The maximum absolute atomic E-state index is 3.68. The summed E-state index contributed by atoms with van der Waals surface area (Å²) in [7, 11) is 1.97. The average Bonchev–Trinajstić information content (AvgIpc) is 2.27. The second kappa shape index (κ2) is 7.02. The van der Waals surface area contributed by atoms with Crippen molar-refractivity contribution in [3.8, 4) is 0 Å². The van der Waals surface area contributed by atoms with Gasteiger partial charge in [0.2, 0.25) is 0 Å². The summed E-state index contributed by atoms with van der Waals surface area (Å²) in [5.74, 6) is 0.679. The number of rotatable bonds is 6. The first-order chi connectivity index (χ1) is 8.08. The van der Waals surface area contributed by atoms with Crippen LogP contribution < -0.4 is 10.2 Å². The van der Waals surface area contributed by atoms with Gasteiger partial charge in [-0.2, -0.15) is 0 Å². The maximum Gasteiger partial charge on any atom is 0.0510 e. The Kier molecular flexibility index (Phi) is 6.00. The van der Waals surface area contributed by atoms with Gasteiger partial charge in [-0.15, -0.1) is 0 Å². The van der Waals surface area contributed by atoms with E-state index in [1.807, 2.05) is 7.05 Å². The Labute approximate surface area is 114 Å².